The molecular weight excluding hydrogens is 454 g/mol. The summed E-state index contributed by atoms with van der Waals surface area (Å²) in [7, 11) is 1.27. The molecule has 0 spiro atoms. The van der Waals surface area contributed by atoms with Crippen LogP contribution >= 0.6 is 0 Å². The SMILES string of the molecule is COc1cc(F)c(C2CN(CCF)CCC2NC(=O)Nc2ccc(C(F)(F)F)nc2)c(F)c1. The Morgan fingerprint density at radius 1 is 1.24 bits per heavy atom. The number of anilines is 1. The number of alkyl halides is 4. The van der Waals surface area contributed by atoms with Crippen molar-refractivity contribution in [2.75, 3.05) is 38.7 Å². The minimum atomic E-state index is -4.62. The summed E-state index contributed by atoms with van der Waals surface area (Å²) in [5.41, 5.74) is -1.37. The number of nitrogens with one attached hydrogen (secondary N) is 2. The van der Waals surface area contributed by atoms with Crippen LogP contribution in [0.3, 0.4) is 0 Å². The fourth-order valence-electron chi connectivity index (χ4n) is 3.81. The maximum absolute atomic E-state index is 14.7. The van der Waals surface area contributed by atoms with Crippen molar-refractivity contribution in [1.82, 2.24) is 15.2 Å². The summed E-state index contributed by atoms with van der Waals surface area (Å²) in [6.07, 6.45) is -3.49. The Labute approximate surface area is 185 Å². The van der Waals surface area contributed by atoms with Gasteiger partial charge in [0, 0.05) is 49.3 Å². The van der Waals surface area contributed by atoms with Gasteiger partial charge in [0.05, 0.1) is 19.0 Å². The van der Waals surface area contributed by atoms with Crippen LogP contribution in [-0.4, -0.2) is 55.4 Å². The highest BCUT2D eigenvalue weighted by Gasteiger charge is 2.35. The first-order valence-corrected chi connectivity index (χ1v) is 10.0. The Balaban J connectivity index is 1.78. The molecule has 0 saturated carbocycles. The Morgan fingerprint density at radius 3 is 2.48 bits per heavy atom. The molecule has 1 aromatic heterocycles. The number of nitrogens with zero attached hydrogens (tertiary/aromatic N) is 2. The van der Waals surface area contributed by atoms with Crippen LogP contribution in [0.25, 0.3) is 0 Å². The molecule has 3 rings (SSSR count). The fourth-order valence-corrected chi connectivity index (χ4v) is 3.81. The number of benzene rings is 1. The van der Waals surface area contributed by atoms with Gasteiger partial charge in [0.25, 0.3) is 0 Å². The first-order valence-electron chi connectivity index (χ1n) is 10.0. The van der Waals surface area contributed by atoms with Gasteiger partial charge in [-0.05, 0) is 18.6 Å². The van der Waals surface area contributed by atoms with E-state index in [-0.39, 0.29) is 36.5 Å². The van der Waals surface area contributed by atoms with Gasteiger partial charge in [0.15, 0.2) is 0 Å². The lowest BCUT2D eigenvalue weighted by molar-refractivity contribution is -0.141. The van der Waals surface area contributed by atoms with Gasteiger partial charge in [-0.3, -0.25) is 4.90 Å². The molecular formula is C21H22F6N4O2. The first-order chi connectivity index (χ1) is 15.6. The van der Waals surface area contributed by atoms with E-state index in [1.165, 1.54) is 7.11 Å². The standard InChI is InChI=1S/C21H22F6N4O2/c1-33-13-8-15(23)19(16(24)9-13)14-11-31(7-5-22)6-4-17(14)30-20(32)29-12-2-3-18(28-10-12)21(25,26)27/h2-3,8-10,14,17H,4-7,11H2,1H3,(H2,29,30,32). The van der Waals surface area contributed by atoms with Crippen molar-refractivity contribution in [3.8, 4) is 5.75 Å². The van der Waals surface area contributed by atoms with Gasteiger partial charge >= 0.3 is 12.2 Å². The molecule has 2 N–H and O–H groups in total. The Kier molecular flexibility index (Phi) is 7.67. The van der Waals surface area contributed by atoms with E-state index in [2.05, 4.69) is 15.6 Å². The zero-order valence-electron chi connectivity index (χ0n) is 17.6. The van der Waals surface area contributed by atoms with E-state index >= 15 is 0 Å². The highest BCUT2D eigenvalue weighted by Crippen LogP contribution is 2.33. The lowest BCUT2D eigenvalue weighted by Gasteiger charge is -2.39. The molecule has 0 bridgehead atoms. The van der Waals surface area contributed by atoms with Gasteiger partial charge in [0.1, 0.15) is 29.8 Å². The van der Waals surface area contributed by atoms with Crippen molar-refractivity contribution < 1.29 is 35.9 Å². The number of likely N-dealkylation sites (tertiary alicyclic amines) is 1. The van der Waals surface area contributed by atoms with Crippen molar-refractivity contribution in [1.29, 1.82) is 0 Å². The minimum absolute atomic E-state index is 0.00808. The molecule has 2 heterocycles. The predicted molar refractivity (Wildman–Crippen MR) is 108 cm³/mol. The van der Waals surface area contributed by atoms with E-state index in [9.17, 15) is 31.1 Å². The third kappa shape index (κ3) is 6.06. The van der Waals surface area contributed by atoms with Crippen LogP contribution in [0.2, 0.25) is 0 Å². The normalized spacial score (nSPS) is 19.2. The van der Waals surface area contributed by atoms with Crippen LogP contribution in [0.4, 0.5) is 36.8 Å². The summed E-state index contributed by atoms with van der Waals surface area (Å²) in [5, 5.41) is 4.98. The van der Waals surface area contributed by atoms with Gasteiger partial charge in [0.2, 0.25) is 0 Å². The van der Waals surface area contributed by atoms with Crippen molar-refractivity contribution in [2.24, 2.45) is 0 Å². The zero-order valence-corrected chi connectivity index (χ0v) is 17.6. The van der Waals surface area contributed by atoms with Gasteiger partial charge < -0.3 is 15.4 Å². The number of carbonyl (C=O) groups is 1. The Hall–Kier alpha value is -3.02. The third-order valence-electron chi connectivity index (χ3n) is 5.39. The predicted octanol–water partition coefficient (Wildman–Crippen LogP) is 4.34. The number of methoxy groups -OCH3 is 1. The summed E-state index contributed by atoms with van der Waals surface area (Å²) in [5.74, 6) is -2.58. The second-order valence-corrected chi connectivity index (χ2v) is 7.52. The van der Waals surface area contributed by atoms with E-state index < -0.39 is 48.2 Å². The fraction of sp³-hybridized carbons (Fsp3) is 0.429. The first kappa shape index (κ1) is 24.6. The average Bonchev–Trinajstić information content (AvgIpc) is 2.74. The molecule has 2 amide bonds. The third-order valence-corrected chi connectivity index (χ3v) is 5.39. The zero-order chi connectivity index (χ0) is 24.2. The maximum atomic E-state index is 14.7. The minimum Gasteiger partial charge on any atom is -0.497 e. The second kappa shape index (κ2) is 10.3. The van der Waals surface area contributed by atoms with Crippen molar-refractivity contribution >= 4 is 11.7 Å². The smallest absolute Gasteiger partial charge is 0.433 e. The number of aromatic nitrogens is 1. The van der Waals surface area contributed by atoms with Crippen LogP contribution in [-0.2, 0) is 6.18 Å². The highest BCUT2D eigenvalue weighted by atomic mass is 19.4. The quantitative estimate of drug-likeness (QED) is 0.609. The van der Waals surface area contributed by atoms with Crippen LogP contribution < -0.4 is 15.4 Å². The monoisotopic (exact) mass is 476 g/mol. The molecule has 0 radical (unpaired) electrons. The number of piperidine rings is 1. The number of ether oxygens (including phenoxy) is 1. The summed E-state index contributed by atoms with van der Waals surface area (Å²) in [6, 6.07) is 2.31. The molecule has 2 aromatic rings. The number of pyridine rings is 1. The molecule has 12 heteroatoms. The highest BCUT2D eigenvalue weighted by molar-refractivity contribution is 5.89. The molecule has 33 heavy (non-hydrogen) atoms. The molecule has 2 atom stereocenters. The topological polar surface area (TPSA) is 66.5 Å². The van der Waals surface area contributed by atoms with E-state index in [1.54, 1.807) is 4.90 Å². The van der Waals surface area contributed by atoms with Gasteiger partial charge in [-0.1, -0.05) is 0 Å². The maximum Gasteiger partial charge on any atom is 0.433 e. The number of rotatable bonds is 6. The summed E-state index contributed by atoms with van der Waals surface area (Å²) >= 11 is 0. The lowest BCUT2D eigenvalue weighted by atomic mass is 9.85. The second-order valence-electron chi connectivity index (χ2n) is 7.52. The largest absolute Gasteiger partial charge is 0.497 e. The number of hydrogen-bond donors (Lipinski definition) is 2. The molecule has 180 valence electrons. The van der Waals surface area contributed by atoms with E-state index in [0.717, 1.165) is 30.5 Å². The molecule has 1 aliphatic rings. The number of halogens is 6. The number of amides is 2. The number of carbonyl (C=O) groups excluding carboxylic acids is 1. The number of hydrogen-bond acceptors (Lipinski definition) is 4. The van der Waals surface area contributed by atoms with Gasteiger partial charge in [-0.2, -0.15) is 13.2 Å². The molecule has 1 aromatic carbocycles. The Bertz CT molecular complexity index is 947. The lowest BCUT2D eigenvalue weighted by Crippen LogP contribution is -2.51. The van der Waals surface area contributed by atoms with Crippen LogP contribution in [0.15, 0.2) is 30.5 Å². The van der Waals surface area contributed by atoms with E-state index in [4.69, 9.17) is 4.74 Å². The molecule has 1 fully saturated rings. The van der Waals surface area contributed by atoms with Crippen LogP contribution in [0, 0.1) is 11.6 Å². The van der Waals surface area contributed by atoms with Crippen LogP contribution in [0.5, 0.6) is 5.75 Å². The van der Waals surface area contributed by atoms with E-state index in [0.29, 0.717) is 6.54 Å². The van der Waals surface area contributed by atoms with Crippen LogP contribution in [0.1, 0.15) is 23.6 Å². The van der Waals surface area contributed by atoms with E-state index in [1.807, 2.05) is 0 Å². The molecule has 1 saturated heterocycles. The molecule has 2 unspecified atom stereocenters. The summed E-state index contributed by atoms with van der Waals surface area (Å²) < 4.78 is 85.1. The van der Waals surface area contributed by atoms with Crippen molar-refractivity contribution in [3.05, 3.63) is 53.4 Å². The van der Waals surface area contributed by atoms with Gasteiger partial charge in [-0.15, -0.1) is 0 Å². The molecule has 6 nitrogen and oxygen atoms in total. The molecule has 1 aliphatic heterocycles. The average molecular weight is 476 g/mol. The summed E-state index contributed by atoms with van der Waals surface area (Å²) in [4.78, 5) is 17.4. The molecule has 0 aliphatic carbocycles. The number of urea groups is 1. The summed E-state index contributed by atoms with van der Waals surface area (Å²) in [6.45, 7) is -0.0880. The van der Waals surface area contributed by atoms with Crippen molar-refractivity contribution in [2.45, 2.75) is 24.6 Å². The Morgan fingerprint density at radius 2 is 1.94 bits per heavy atom. The van der Waals surface area contributed by atoms with Gasteiger partial charge in [-0.25, -0.2) is 22.9 Å². The van der Waals surface area contributed by atoms with Crippen molar-refractivity contribution in [3.63, 3.8) is 0 Å².